The van der Waals surface area contributed by atoms with Crippen LogP contribution in [-0.4, -0.2) is 9.38 Å². The van der Waals surface area contributed by atoms with E-state index in [0.29, 0.717) is 0 Å². The van der Waals surface area contributed by atoms with Crippen molar-refractivity contribution in [3.8, 4) is 22.3 Å². The first-order valence-electron chi connectivity index (χ1n) is 12.3. The van der Waals surface area contributed by atoms with Gasteiger partial charge in [-0.25, -0.2) is 4.98 Å². The summed E-state index contributed by atoms with van der Waals surface area (Å²) in [6, 6.07) is 35.7. The van der Waals surface area contributed by atoms with E-state index >= 15 is 0 Å². The Morgan fingerprint density at radius 2 is 1.23 bits per heavy atom. The zero-order valence-corrected chi connectivity index (χ0v) is 19.0. The molecule has 2 heterocycles. The molecule has 0 bridgehead atoms. The summed E-state index contributed by atoms with van der Waals surface area (Å²) in [6.07, 6.45) is 2.04. The lowest BCUT2D eigenvalue weighted by atomic mass is 9.96. The number of imidazole rings is 1. The predicted octanol–water partition coefficient (Wildman–Crippen LogP) is 7.94. The van der Waals surface area contributed by atoms with Gasteiger partial charge in [0.15, 0.2) is 0 Å². The SMILES string of the molecule is c1ccc2c(c1)Cc1c-2ccc2c1Cc1cc3c(cc1-2)c1ccccc1n1c2ccccc2nc31. The Bertz CT molecular complexity index is 2060. The minimum Gasteiger partial charge on any atom is -0.292 e. The standard InChI is InChI=1S/C33H20N2/c1-2-8-21-19(7-1)15-26-22(21)13-14-23-25-18-28-24-9-3-5-11-31(24)35-32-12-6-4-10-30(32)34-33(35)29(28)17-20(25)16-27(23)26/h1-14,17-18H,15-16H2. The molecule has 0 atom stereocenters. The first-order valence-corrected chi connectivity index (χ1v) is 12.3. The van der Waals surface area contributed by atoms with Crippen LogP contribution >= 0.6 is 0 Å². The smallest absolute Gasteiger partial charge is 0.146 e. The van der Waals surface area contributed by atoms with Gasteiger partial charge >= 0.3 is 0 Å². The molecule has 5 aromatic carbocycles. The monoisotopic (exact) mass is 444 g/mol. The van der Waals surface area contributed by atoms with Crippen LogP contribution in [0.5, 0.6) is 0 Å². The number of hydrogen-bond donors (Lipinski definition) is 0. The van der Waals surface area contributed by atoms with E-state index in [9.17, 15) is 0 Å². The van der Waals surface area contributed by atoms with Gasteiger partial charge < -0.3 is 0 Å². The summed E-state index contributed by atoms with van der Waals surface area (Å²) in [6.45, 7) is 0. The van der Waals surface area contributed by atoms with E-state index in [1.165, 1.54) is 71.7 Å². The van der Waals surface area contributed by atoms with Crippen LogP contribution in [0.25, 0.3) is 60.6 Å². The molecule has 2 aliphatic rings. The predicted molar refractivity (Wildman–Crippen MR) is 144 cm³/mol. The van der Waals surface area contributed by atoms with Gasteiger partial charge in [0, 0.05) is 10.8 Å². The number of hydrogen-bond acceptors (Lipinski definition) is 1. The van der Waals surface area contributed by atoms with Gasteiger partial charge in [-0.05, 0) is 93.1 Å². The molecule has 7 aromatic rings. The lowest BCUT2D eigenvalue weighted by molar-refractivity contribution is 1.16. The minimum atomic E-state index is 0.997. The molecule has 0 radical (unpaired) electrons. The summed E-state index contributed by atoms with van der Waals surface area (Å²) in [5, 5.41) is 3.81. The number of nitrogens with zero attached hydrogens (tertiary/aromatic N) is 2. The zero-order chi connectivity index (χ0) is 22.7. The average molecular weight is 445 g/mol. The van der Waals surface area contributed by atoms with Gasteiger partial charge in [0.05, 0.1) is 16.6 Å². The molecular weight excluding hydrogens is 424 g/mol. The number of aromatic nitrogens is 2. The van der Waals surface area contributed by atoms with Crippen LogP contribution < -0.4 is 0 Å². The molecule has 2 aromatic heterocycles. The average Bonchev–Trinajstić information content (AvgIpc) is 3.59. The maximum atomic E-state index is 5.12. The number of fused-ring (bicyclic) bond motifs is 15. The molecule has 2 heteroatoms. The van der Waals surface area contributed by atoms with Crippen molar-refractivity contribution >= 4 is 38.4 Å². The Hall–Kier alpha value is -4.43. The Kier molecular flexibility index (Phi) is 3.16. The van der Waals surface area contributed by atoms with Crippen molar-refractivity contribution in [3.63, 3.8) is 0 Å². The van der Waals surface area contributed by atoms with Gasteiger partial charge in [0.2, 0.25) is 0 Å². The summed E-state index contributed by atoms with van der Waals surface area (Å²) in [4.78, 5) is 5.12. The highest BCUT2D eigenvalue weighted by molar-refractivity contribution is 6.15. The molecule has 0 unspecified atom stereocenters. The lowest BCUT2D eigenvalue weighted by Gasteiger charge is -2.11. The summed E-state index contributed by atoms with van der Waals surface area (Å²) in [7, 11) is 0. The van der Waals surface area contributed by atoms with Crippen molar-refractivity contribution in [1.29, 1.82) is 0 Å². The third kappa shape index (κ3) is 2.18. The van der Waals surface area contributed by atoms with Crippen molar-refractivity contribution in [1.82, 2.24) is 9.38 Å². The van der Waals surface area contributed by atoms with Crippen LogP contribution in [-0.2, 0) is 12.8 Å². The van der Waals surface area contributed by atoms with E-state index in [-0.39, 0.29) is 0 Å². The van der Waals surface area contributed by atoms with Crippen LogP contribution in [0.15, 0.2) is 97.1 Å². The maximum absolute atomic E-state index is 5.12. The quantitative estimate of drug-likeness (QED) is 0.217. The van der Waals surface area contributed by atoms with Gasteiger partial charge in [0.1, 0.15) is 5.65 Å². The molecule has 0 N–H and O–H groups in total. The Morgan fingerprint density at radius 1 is 0.514 bits per heavy atom. The second kappa shape index (κ2) is 6.17. The molecule has 9 rings (SSSR count). The first-order chi connectivity index (χ1) is 17.3. The summed E-state index contributed by atoms with van der Waals surface area (Å²) in [5.74, 6) is 0. The van der Waals surface area contributed by atoms with Crippen LogP contribution in [0.2, 0.25) is 0 Å². The van der Waals surface area contributed by atoms with Crippen LogP contribution in [0, 0.1) is 0 Å². The van der Waals surface area contributed by atoms with Crippen LogP contribution in [0.4, 0.5) is 0 Å². The summed E-state index contributed by atoms with van der Waals surface area (Å²) >= 11 is 0. The van der Waals surface area contributed by atoms with Crippen molar-refractivity contribution in [2.75, 3.05) is 0 Å². The highest BCUT2D eigenvalue weighted by Crippen LogP contribution is 2.48. The molecule has 0 aliphatic heterocycles. The fourth-order valence-electron chi connectivity index (χ4n) is 6.72. The Labute approximate surface area is 202 Å². The van der Waals surface area contributed by atoms with Crippen molar-refractivity contribution < 1.29 is 0 Å². The van der Waals surface area contributed by atoms with Crippen molar-refractivity contribution in [2.24, 2.45) is 0 Å². The number of rotatable bonds is 0. The van der Waals surface area contributed by atoms with Crippen molar-refractivity contribution in [3.05, 3.63) is 119 Å². The van der Waals surface area contributed by atoms with Gasteiger partial charge in [-0.2, -0.15) is 0 Å². The lowest BCUT2D eigenvalue weighted by Crippen LogP contribution is -1.93. The Balaban J connectivity index is 1.38. The minimum absolute atomic E-state index is 0.997. The summed E-state index contributed by atoms with van der Waals surface area (Å²) in [5.41, 5.74) is 16.0. The largest absolute Gasteiger partial charge is 0.292 e. The molecule has 0 spiro atoms. The van der Waals surface area contributed by atoms with E-state index in [1.54, 1.807) is 0 Å². The highest BCUT2D eigenvalue weighted by atomic mass is 15.0. The first kappa shape index (κ1) is 18.0. The molecule has 2 nitrogen and oxygen atoms in total. The van der Waals surface area contributed by atoms with E-state index in [4.69, 9.17) is 4.98 Å². The number of pyridine rings is 1. The molecule has 0 saturated carbocycles. The fourth-order valence-corrected chi connectivity index (χ4v) is 6.72. The molecule has 162 valence electrons. The third-order valence-electron chi connectivity index (χ3n) is 8.24. The highest BCUT2D eigenvalue weighted by Gasteiger charge is 2.28. The van der Waals surface area contributed by atoms with E-state index in [2.05, 4.69) is 101 Å². The van der Waals surface area contributed by atoms with E-state index < -0.39 is 0 Å². The molecule has 0 fully saturated rings. The fraction of sp³-hybridized carbons (Fsp3) is 0.0606. The van der Waals surface area contributed by atoms with Gasteiger partial charge in [-0.3, -0.25) is 4.40 Å². The molecule has 2 aliphatic carbocycles. The molecule has 0 amide bonds. The normalized spacial score (nSPS) is 13.5. The van der Waals surface area contributed by atoms with Crippen molar-refractivity contribution in [2.45, 2.75) is 12.8 Å². The van der Waals surface area contributed by atoms with Crippen LogP contribution in [0.1, 0.15) is 22.3 Å². The topological polar surface area (TPSA) is 17.3 Å². The number of para-hydroxylation sites is 3. The zero-order valence-electron chi connectivity index (χ0n) is 19.0. The maximum Gasteiger partial charge on any atom is 0.146 e. The Morgan fingerprint density at radius 3 is 2.14 bits per heavy atom. The molecule has 35 heavy (non-hydrogen) atoms. The second-order valence-corrected chi connectivity index (χ2v) is 9.96. The molecule has 0 saturated heterocycles. The molecular formula is C33H20N2. The summed E-state index contributed by atoms with van der Waals surface area (Å²) < 4.78 is 2.34. The van der Waals surface area contributed by atoms with Gasteiger partial charge in [-0.15, -0.1) is 0 Å². The second-order valence-electron chi connectivity index (χ2n) is 9.96. The van der Waals surface area contributed by atoms with Gasteiger partial charge in [0.25, 0.3) is 0 Å². The van der Waals surface area contributed by atoms with E-state index in [0.717, 1.165) is 24.0 Å². The van der Waals surface area contributed by atoms with Gasteiger partial charge in [-0.1, -0.05) is 66.7 Å². The number of benzene rings is 5. The van der Waals surface area contributed by atoms with Crippen LogP contribution in [0.3, 0.4) is 0 Å². The third-order valence-corrected chi connectivity index (χ3v) is 8.24. The van der Waals surface area contributed by atoms with E-state index in [1.807, 2.05) is 0 Å².